The first kappa shape index (κ1) is 21.6. The molecule has 9 heteroatoms. The highest BCUT2D eigenvalue weighted by atomic mass is 32.2. The highest BCUT2D eigenvalue weighted by Gasteiger charge is 2.36. The van der Waals surface area contributed by atoms with Gasteiger partial charge in [-0.1, -0.05) is 0 Å². The van der Waals surface area contributed by atoms with E-state index >= 15 is 0 Å². The molecule has 1 aromatic carbocycles. The summed E-state index contributed by atoms with van der Waals surface area (Å²) in [5.41, 5.74) is 0. The lowest BCUT2D eigenvalue weighted by Crippen LogP contribution is -2.49. The van der Waals surface area contributed by atoms with Gasteiger partial charge in [-0.15, -0.1) is 0 Å². The van der Waals surface area contributed by atoms with E-state index in [0.29, 0.717) is 51.1 Å². The monoisotopic (exact) mass is 424 g/mol. The van der Waals surface area contributed by atoms with Crippen molar-refractivity contribution >= 4 is 21.9 Å². The summed E-state index contributed by atoms with van der Waals surface area (Å²) in [6.45, 7) is 1.59. The van der Waals surface area contributed by atoms with E-state index < -0.39 is 10.0 Å². The van der Waals surface area contributed by atoms with Crippen LogP contribution in [0.4, 0.5) is 0 Å². The molecule has 29 heavy (non-hydrogen) atoms. The normalized spacial score (nSPS) is 21.6. The molecule has 1 atom stereocenters. The molecule has 160 valence electrons. The number of sulfonamides is 1. The Morgan fingerprint density at radius 2 is 1.62 bits per heavy atom. The van der Waals surface area contributed by atoms with Crippen LogP contribution in [-0.4, -0.2) is 69.9 Å². The number of methoxy groups -OCH3 is 2. The van der Waals surface area contributed by atoms with Crippen LogP contribution in [0.3, 0.4) is 0 Å². The number of benzene rings is 1. The fourth-order valence-corrected chi connectivity index (χ4v) is 5.54. The van der Waals surface area contributed by atoms with E-state index in [-0.39, 0.29) is 35.2 Å². The zero-order valence-electron chi connectivity index (χ0n) is 16.9. The third kappa shape index (κ3) is 4.72. The molecule has 0 aliphatic carbocycles. The Morgan fingerprint density at radius 1 is 0.966 bits per heavy atom. The van der Waals surface area contributed by atoms with Crippen molar-refractivity contribution in [3.63, 3.8) is 0 Å². The zero-order chi connectivity index (χ0) is 21.0. The van der Waals surface area contributed by atoms with Gasteiger partial charge >= 0.3 is 5.97 Å². The van der Waals surface area contributed by atoms with Crippen LogP contribution in [0.15, 0.2) is 29.2 Å². The molecule has 2 aliphatic heterocycles. The molecule has 2 aliphatic rings. The van der Waals surface area contributed by atoms with Gasteiger partial charge < -0.3 is 14.4 Å². The summed E-state index contributed by atoms with van der Waals surface area (Å²) in [5, 5.41) is 0. The fraction of sp³-hybridized carbons (Fsp3) is 0.600. The average Bonchev–Trinajstić information content (AvgIpc) is 2.78. The van der Waals surface area contributed by atoms with Gasteiger partial charge in [0.15, 0.2) is 0 Å². The predicted molar refractivity (Wildman–Crippen MR) is 106 cm³/mol. The molecule has 2 heterocycles. The third-order valence-electron chi connectivity index (χ3n) is 5.77. The molecule has 1 amide bonds. The molecule has 0 bridgehead atoms. The minimum Gasteiger partial charge on any atom is -0.497 e. The lowest BCUT2D eigenvalue weighted by Gasteiger charge is -2.37. The molecule has 0 saturated carbocycles. The van der Waals surface area contributed by atoms with Crippen molar-refractivity contribution < 1.29 is 27.5 Å². The Balaban J connectivity index is 1.64. The number of likely N-dealkylation sites (tertiary alicyclic amines) is 1. The molecule has 2 fully saturated rings. The largest absolute Gasteiger partial charge is 0.497 e. The SMILES string of the molecule is COC(=O)C1CCN(C(=O)C2CCCN(S(=O)(=O)c3ccc(OC)cc3)C2)CC1. The molecule has 0 spiro atoms. The van der Waals surface area contributed by atoms with Crippen LogP contribution in [0.5, 0.6) is 5.75 Å². The van der Waals surface area contributed by atoms with E-state index in [1.807, 2.05) is 0 Å². The summed E-state index contributed by atoms with van der Waals surface area (Å²) in [5.74, 6) is -0.186. The first-order chi connectivity index (χ1) is 13.9. The quantitative estimate of drug-likeness (QED) is 0.665. The molecule has 8 nitrogen and oxygen atoms in total. The Hall–Kier alpha value is -2.13. The molecule has 1 aromatic rings. The van der Waals surface area contributed by atoms with Crippen molar-refractivity contribution in [3.05, 3.63) is 24.3 Å². The van der Waals surface area contributed by atoms with Gasteiger partial charge in [0.05, 0.1) is 31.0 Å². The van der Waals surface area contributed by atoms with E-state index in [2.05, 4.69) is 0 Å². The van der Waals surface area contributed by atoms with Gasteiger partial charge in [-0.3, -0.25) is 9.59 Å². The highest BCUT2D eigenvalue weighted by molar-refractivity contribution is 7.89. The highest BCUT2D eigenvalue weighted by Crippen LogP contribution is 2.27. The van der Waals surface area contributed by atoms with Crippen LogP contribution in [0.1, 0.15) is 25.7 Å². The number of ether oxygens (including phenoxy) is 2. The maximum Gasteiger partial charge on any atom is 0.308 e. The number of hydrogen-bond acceptors (Lipinski definition) is 6. The fourth-order valence-electron chi connectivity index (χ4n) is 4.02. The lowest BCUT2D eigenvalue weighted by molar-refractivity contribution is -0.149. The van der Waals surface area contributed by atoms with Gasteiger partial charge in [0.25, 0.3) is 0 Å². The summed E-state index contributed by atoms with van der Waals surface area (Å²) < 4.78 is 37.3. The molecule has 0 radical (unpaired) electrons. The predicted octanol–water partition coefficient (Wildman–Crippen LogP) is 1.51. The van der Waals surface area contributed by atoms with E-state index in [0.717, 1.165) is 0 Å². The number of amides is 1. The van der Waals surface area contributed by atoms with Crippen LogP contribution in [0.25, 0.3) is 0 Å². The maximum absolute atomic E-state index is 13.0. The molecule has 1 unspecified atom stereocenters. The summed E-state index contributed by atoms with van der Waals surface area (Å²) in [6.07, 6.45) is 2.48. The van der Waals surface area contributed by atoms with Gasteiger partial charge in [0.1, 0.15) is 5.75 Å². The Kier molecular flexibility index (Phi) is 6.79. The van der Waals surface area contributed by atoms with Crippen molar-refractivity contribution in [2.45, 2.75) is 30.6 Å². The van der Waals surface area contributed by atoms with Gasteiger partial charge in [0.2, 0.25) is 15.9 Å². The molecule has 3 rings (SSSR count). The average molecular weight is 425 g/mol. The number of nitrogens with zero attached hydrogens (tertiary/aromatic N) is 2. The number of rotatable bonds is 5. The van der Waals surface area contributed by atoms with Crippen LogP contribution >= 0.6 is 0 Å². The second kappa shape index (κ2) is 9.13. The van der Waals surface area contributed by atoms with Crippen LogP contribution in [-0.2, 0) is 24.3 Å². The molecular weight excluding hydrogens is 396 g/mol. The van der Waals surface area contributed by atoms with E-state index in [4.69, 9.17) is 9.47 Å². The Morgan fingerprint density at radius 3 is 2.21 bits per heavy atom. The van der Waals surface area contributed by atoms with E-state index in [1.54, 1.807) is 17.0 Å². The van der Waals surface area contributed by atoms with Gasteiger partial charge in [-0.05, 0) is 49.9 Å². The van der Waals surface area contributed by atoms with Crippen molar-refractivity contribution in [2.24, 2.45) is 11.8 Å². The van der Waals surface area contributed by atoms with Crippen LogP contribution in [0.2, 0.25) is 0 Å². The van der Waals surface area contributed by atoms with Gasteiger partial charge in [0, 0.05) is 26.2 Å². The van der Waals surface area contributed by atoms with Gasteiger partial charge in [-0.2, -0.15) is 4.31 Å². The number of carbonyl (C=O) groups excluding carboxylic acids is 2. The summed E-state index contributed by atoms with van der Waals surface area (Å²) in [7, 11) is -0.761. The van der Waals surface area contributed by atoms with Crippen LogP contribution in [0, 0.1) is 11.8 Å². The van der Waals surface area contributed by atoms with Crippen molar-refractivity contribution in [1.29, 1.82) is 0 Å². The lowest BCUT2D eigenvalue weighted by atomic mass is 9.93. The van der Waals surface area contributed by atoms with E-state index in [1.165, 1.54) is 30.7 Å². The second-order valence-electron chi connectivity index (χ2n) is 7.50. The summed E-state index contributed by atoms with van der Waals surface area (Å²) in [4.78, 5) is 26.6. The maximum atomic E-state index is 13.0. The summed E-state index contributed by atoms with van der Waals surface area (Å²) >= 11 is 0. The van der Waals surface area contributed by atoms with Crippen molar-refractivity contribution in [1.82, 2.24) is 9.21 Å². The third-order valence-corrected chi connectivity index (χ3v) is 7.65. The Bertz CT molecular complexity index is 831. The molecular formula is C20H28N2O6S. The number of hydrogen-bond donors (Lipinski definition) is 0. The second-order valence-corrected chi connectivity index (χ2v) is 9.44. The molecule has 2 saturated heterocycles. The Labute approximate surface area is 171 Å². The standard InChI is InChI=1S/C20H28N2O6S/c1-27-17-5-7-18(8-6-17)29(25,26)22-11-3-4-16(14-22)19(23)21-12-9-15(10-13-21)20(24)28-2/h5-8,15-16H,3-4,9-14H2,1-2H3. The molecule has 0 aromatic heterocycles. The summed E-state index contributed by atoms with van der Waals surface area (Å²) in [6, 6.07) is 6.28. The number of piperidine rings is 2. The topological polar surface area (TPSA) is 93.2 Å². The minimum atomic E-state index is -3.66. The van der Waals surface area contributed by atoms with Gasteiger partial charge in [-0.25, -0.2) is 8.42 Å². The zero-order valence-corrected chi connectivity index (χ0v) is 17.7. The van der Waals surface area contributed by atoms with Crippen LogP contribution < -0.4 is 4.74 Å². The number of carbonyl (C=O) groups is 2. The number of esters is 1. The van der Waals surface area contributed by atoms with Crippen molar-refractivity contribution in [3.8, 4) is 5.75 Å². The minimum absolute atomic E-state index is 0.0250. The van der Waals surface area contributed by atoms with Crippen molar-refractivity contribution in [2.75, 3.05) is 40.4 Å². The smallest absolute Gasteiger partial charge is 0.308 e. The van der Waals surface area contributed by atoms with E-state index in [9.17, 15) is 18.0 Å². The molecule has 0 N–H and O–H groups in total. The first-order valence-corrected chi connectivity index (χ1v) is 11.3. The first-order valence-electron chi connectivity index (χ1n) is 9.87.